The minimum absolute atomic E-state index is 0.292. The summed E-state index contributed by atoms with van der Waals surface area (Å²) >= 11 is 0. The largest absolute Gasteiger partial charge is 0.496 e. The Morgan fingerprint density at radius 3 is 2.12 bits per heavy atom. The zero-order valence-corrected chi connectivity index (χ0v) is 14.6. The van der Waals surface area contributed by atoms with Crippen molar-refractivity contribution in [2.45, 2.75) is 19.0 Å². The molecule has 0 saturated heterocycles. The van der Waals surface area contributed by atoms with Crippen LogP contribution < -0.4 is 19.5 Å². The van der Waals surface area contributed by atoms with E-state index in [0.717, 1.165) is 11.1 Å². The fourth-order valence-corrected chi connectivity index (χ4v) is 2.57. The Bertz CT molecular complexity index is 677. The second-order valence-electron chi connectivity index (χ2n) is 5.47. The van der Waals surface area contributed by atoms with Gasteiger partial charge in [0.25, 0.3) is 0 Å². The van der Waals surface area contributed by atoms with Crippen LogP contribution in [0.15, 0.2) is 42.5 Å². The summed E-state index contributed by atoms with van der Waals surface area (Å²) in [7, 11) is 4.67. The summed E-state index contributed by atoms with van der Waals surface area (Å²) in [6, 6.07) is 12.3. The van der Waals surface area contributed by atoms with Gasteiger partial charge >= 0.3 is 5.97 Å². The fraction of sp³-hybridized carbons (Fsp3) is 0.316. The maximum absolute atomic E-state index is 11.6. The molecule has 6 nitrogen and oxygen atoms in total. The Kier molecular flexibility index (Phi) is 6.65. The molecule has 0 aromatic heterocycles. The van der Waals surface area contributed by atoms with Gasteiger partial charge in [-0.2, -0.15) is 0 Å². The Hall–Kier alpha value is -2.73. The Balaban J connectivity index is 2.18. The molecule has 0 spiro atoms. The molecule has 0 heterocycles. The molecule has 0 fully saturated rings. The van der Waals surface area contributed by atoms with Gasteiger partial charge in [-0.15, -0.1) is 0 Å². The van der Waals surface area contributed by atoms with Gasteiger partial charge in [0.1, 0.15) is 23.3 Å². The van der Waals surface area contributed by atoms with Crippen molar-refractivity contribution in [3.05, 3.63) is 53.6 Å². The lowest BCUT2D eigenvalue weighted by Crippen LogP contribution is -2.38. The van der Waals surface area contributed by atoms with Crippen molar-refractivity contribution < 1.29 is 24.1 Å². The van der Waals surface area contributed by atoms with E-state index in [0.29, 0.717) is 30.2 Å². The minimum atomic E-state index is -0.907. The second kappa shape index (κ2) is 8.94. The summed E-state index contributed by atoms with van der Waals surface area (Å²) < 4.78 is 16.0. The van der Waals surface area contributed by atoms with Crippen LogP contribution in [0.4, 0.5) is 0 Å². The van der Waals surface area contributed by atoms with Gasteiger partial charge in [0.15, 0.2) is 0 Å². The van der Waals surface area contributed by atoms with Crippen LogP contribution in [0.3, 0.4) is 0 Å². The molecule has 0 bridgehead atoms. The second-order valence-corrected chi connectivity index (χ2v) is 5.47. The highest BCUT2D eigenvalue weighted by Crippen LogP contribution is 2.34. The lowest BCUT2D eigenvalue weighted by molar-refractivity contribution is -0.139. The van der Waals surface area contributed by atoms with E-state index >= 15 is 0 Å². The first-order valence-corrected chi connectivity index (χ1v) is 7.88. The molecule has 2 aromatic rings. The van der Waals surface area contributed by atoms with Crippen LogP contribution in [0.1, 0.15) is 11.1 Å². The first-order valence-electron chi connectivity index (χ1n) is 7.88. The summed E-state index contributed by atoms with van der Waals surface area (Å²) in [5, 5.41) is 12.6. The first kappa shape index (κ1) is 18.6. The number of methoxy groups -OCH3 is 3. The molecular weight excluding hydrogens is 322 g/mol. The van der Waals surface area contributed by atoms with Gasteiger partial charge < -0.3 is 19.3 Å². The molecule has 2 aromatic carbocycles. The van der Waals surface area contributed by atoms with E-state index in [4.69, 9.17) is 14.2 Å². The number of nitrogens with one attached hydrogen (secondary N) is 1. The molecule has 1 unspecified atom stereocenters. The summed E-state index contributed by atoms with van der Waals surface area (Å²) in [5.74, 6) is 0.854. The third-order valence-electron chi connectivity index (χ3n) is 3.92. The van der Waals surface area contributed by atoms with Crippen molar-refractivity contribution in [1.29, 1.82) is 0 Å². The molecule has 6 heteroatoms. The lowest BCUT2D eigenvalue weighted by Gasteiger charge is -2.18. The first-order chi connectivity index (χ1) is 12.1. The van der Waals surface area contributed by atoms with Crippen molar-refractivity contribution in [2.75, 3.05) is 21.3 Å². The molecular formula is C19H23NO5. The predicted molar refractivity (Wildman–Crippen MR) is 94.5 cm³/mol. The molecule has 0 aliphatic heterocycles. The van der Waals surface area contributed by atoms with Gasteiger partial charge in [0.2, 0.25) is 0 Å². The van der Waals surface area contributed by atoms with Gasteiger partial charge in [-0.1, -0.05) is 30.3 Å². The van der Waals surface area contributed by atoms with Gasteiger partial charge in [-0.05, 0) is 12.0 Å². The zero-order chi connectivity index (χ0) is 18.2. The number of rotatable bonds is 9. The average molecular weight is 345 g/mol. The molecule has 25 heavy (non-hydrogen) atoms. The van der Waals surface area contributed by atoms with E-state index in [2.05, 4.69) is 5.32 Å². The number of carboxylic acids is 1. The van der Waals surface area contributed by atoms with Crippen molar-refractivity contribution in [3.8, 4) is 17.2 Å². The molecule has 0 radical (unpaired) electrons. The van der Waals surface area contributed by atoms with Crippen LogP contribution in [0.5, 0.6) is 17.2 Å². The normalized spacial score (nSPS) is 11.6. The van der Waals surface area contributed by atoms with Crippen LogP contribution in [-0.4, -0.2) is 38.4 Å². The standard InChI is InChI=1S/C19H23NO5/c1-23-14-10-17(24-2)15(18(11-14)25-3)12-20-16(19(21)22)9-13-7-5-4-6-8-13/h4-8,10-11,16,20H,9,12H2,1-3H3,(H,21,22). The Morgan fingerprint density at radius 1 is 1.04 bits per heavy atom. The molecule has 0 amide bonds. The number of hydrogen-bond donors (Lipinski definition) is 2. The highest BCUT2D eigenvalue weighted by Gasteiger charge is 2.20. The minimum Gasteiger partial charge on any atom is -0.496 e. The average Bonchev–Trinajstić information content (AvgIpc) is 2.64. The van der Waals surface area contributed by atoms with E-state index in [-0.39, 0.29) is 0 Å². The Labute approximate surface area is 147 Å². The van der Waals surface area contributed by atoms with Gasteiger partial charge in [-0.25, -0.2) is 0 Å². The number of benzene rings is 2. The SMILES string of the molecule is COc1cc(OC)c(CNC(Cc2ccccc2)C(=O)O)c(OC)c1. The van der Waals surface area contributed by atoms with Gasteiger partial charge in [-0.3, -0.25) is 10.1 Å². The van der Waals surface area contributed by atoms with E-state index in [1.54, 1.807) is 33.5 Å². The van der Waals surface area contributed by atoms with Crippen molar-refractivity contribution in [1.82, 2.24) is 5.32 Å². The third kappa shape index (κ3) is 4.87. The molecule has 2 rings (SSSR count). The third-order valence-corrected chi connectivity index (χ3v) is 3.92. The molecule has 1 atom stereocenters. The van der Waals surface area contributed by atoms with Crippen LogP contribution in [0.25, 0.3) is 0 Å². The molecule has 2 N–H and O–H groups in total. The lowest BCUT2D eigenvalue weighted by atomic mass is 10.1. The van der Waals surface area contributed by atoms with E-state index in [9.17, 15) is 9.90 Å². The van der Waals surface area contributed by atoms with Crippen molar-refractivity contribution >= 4 is 5.97 Å². The number of ether oxygens (including phenoxy) is 3. The maximum atomic E-state index is 11.6. The summed E-state index contributed by atoms with van der Waals surface area (Å²) in [6.07, 6.45) is 0.386. The molecule has 0 aliphatic carbocycles. The smallest absolute Gasteiger partial charge is 0.321 e. The zero-order valence-electron chi connectivity index (χ0n) is 14.6. The molecule has 0 saturated carbocycles. The number of carbonyl (C=O) groups is 1. The van der Waals surface area contributed by atoms with E-state index < -0.39 is 12.0 Å². The van der Waals surface area contributed by atoms with Crippen LogP contribution in [0, 0.1) is 0 Å². The van der Waals surface area contributed by atoms with E-state index in [1.165, 1.54) is 0 Å². The highest BCUT2D eigenvalue weighted by atomic mass is 16.5. The highest BCUT2D eigenvalue weighted by molar-refractivity contribution is 5.74. The monoisotopic (exact) mass is 345 g/mol. The predicted octanol–water partition coefficient (Wildman–Crippen LogP) is 2.50. The molecule has 0 aliphatic rings. The fourth-order valence-electron chi connectivity index (χ4n) is 2.57. The molecule has 134 valence electrons. The summed E-state index contributed by atoms with van der Waals surface area (Å²) in [4.78, 5) is 11.6. The van der Waals surface area contributed by atoms with E-state index in [1.807, 2.05) is 30.3 Å². The van der Waals surface area contributed by atoms with Crippen molar-refractivity contribution in [3.63, 3.8) is 0 Å². The summed E-state index contributed by atoms with van der Waals surface area (Å²) in [6.45, 7) is 0.292. The number of aliphatic carboxylic acids is 1. The summed E-state index contributed by atoms with van der Waals surface area (Å²) in [5.41, 5.74) is 1.70. The van der Waals surface area contributed by atoms with Crippen LogP contribution in [-0.2, 0) is 17.8 Å². The number of carboxylic acid groups (broad SMARTS) is 1. The van der Waals surface area contributed by atoms with Crippen molar-refractivity contribution in [2.24, 2.45) is 0 Å². The Morgan fingerprint density at radius 2 is 1.64 bits per heavy atom. The van der Waals surface area contributed by atoms with Crippen LogP contribution in [0.2, 0.25) is 0 Å². The van der Waals surface area contributed by atoms with Gasteiger partial charge in [0.05, 0.1) is 26.9 Å². The van der Waals surface area contributed by atoms with Crippen LogP contribution >= 0.6 is 0 Å². The quantitative estimate of drug-likeness (QED) is 0.727. The topological polar surface area (TPSA) is 77.0 Å². The number of hydrogen-bond acceptors (Lipinski definition) is 5. The van der Waals surface area contributed by atoms with Gasteiger partial charge in [0, 0.05) is 18.7 Å². The maximum Gasteiger partial charge on any atom is 0.321 e.